The van der Waals surface area contributed by atoms with Gasteiger partial charge >= 0.3 is 0 Å². The van der Waals surface area contributed by atoms with Gasteiger partial charge in [0.2, 0.25) is 5.91 Å². The number of methoxy groups -OCH3 is 1. The number of carbonyl (C=O) groups is 1. The maximum absolute atomic E-state index is 11.3. The zero-order valence-corrected chi connectivity index (χ0v) is 9.90. The number of nitrogen functional groups attached to an aromatic ring is 1. The quantitative estimate of drug-likeness (QED) is 0.735. The van der Waals surface area contributed by atoms with Crippen molar-refractivity contribution in [1.82, 2.24) is 10.2 Å². The molecule has 0 radical (unpaired) electrons. The number of hydrogen-bond donors (Lipinski definition) is 2. The van der Waals surface area contributed by atoms with Gasteiger partial charge < -0.3 is 15.8 Å². The van der Waals surface area contributed by atoms with Crippen LogP contribution in [0, 0.1) is 0 Å². The second kappa shape index (κ2) is 5.05. The molecule has 1 aromatic rings. The van der Waals surface area contributed by atoms with Crippen molar-refractivity contribution in [3.8, 4) is 5.75 Å². The first-order valence-corrected chi connectivity index (χ1v) is 5.60. The van der Waals surface area contributed by atoms with Crippen LogP contribution in [0.1, 0.15) is 5.56 Å². The van der Waals surface area contributed by atoms with E-state index in [-0.39, 0.29) is 5.91 Å². The minimum Gasteiger partial charge on any atom is -0.496 e. The minimum atomic E-state index is 0.0686. The summed E-state index contributed by atoms with van der Waals surface area (Å²) in [6.07, 6.45) is 0. The number of benzene rings is 1. The second-order valence-electron chi connectivity index (χ2n) is 4.13. The Balaban J connectivity index is 2.11. The summed E-state index contributed by atoms with van der Waals surface area (Å²) in [5, 5.41) is 2.80. The number of piperazine rings is 1. The van der Waals surface area contributed by atoms with Gasteiger partial charge in [0.25, 0.3) is 0 Å². The number of nitrogens with zero attached hydrogens (tertiary/aromatic N) is 1. The fourth-order valence-electron chi connectivity index (χ4n) is 1.99. The van der Waals surface area contributed by atoms with E-state index in [4.69, 9.17) is 10.5 Å². The Hall–Kier alpha value is -1.75. The topological polar surface area (TPSA) is 67.6 Å². The van der Waals surface area contributed by atoms with Gasteiger partial charge in [0.05, 0.1) is 13.7 Å². The van der Waals surface area contributed by atoms with Crippen LogP contribution in [-0.4, -0.2) is 37.6 Å². The van der Waals surface area contributed by atoms with Crippen LogP contribution in [0.2, 0.25) is 0 Å². The highest BCUT2D eigenvalue weighted by Crippen LogP contribution is 2.22. The number of anilines is 1. The van der Waals surface area contributed by atoms with Crippen molar-refractivity contribution in [3.05, 3.63) is 23.8 Å². The van der Waals surface area contributed by atoms with Gasteiger partial charge in [-0.25, -0.2) is 0 Å². The number of amides is 1. The van der Waals surface area contributed by atoms with Gasteiger partial charge in [-0.2, -0.15) is 0 Å². The molecule has 5 nitrogen and oxygen atoms in total. The number of nitrogens with two attached hydrogens (primary N) is 1. The van der Waals surface area contributed by atoms with Crippen LogP contribution < -0.4 is 15.8 Å². The van der Waals surface area contributed by atoms with Crippen LogP contribution in [0.25, 0.3) is 0 Å². The normalized spacial score (nSPS) is 16.6. The van der Waals surface area contributed by atoms with Crippen molar-refractivity contribution in [2.75, 3.05) is 32.5 Å². The molecule has 1 heterocycles. The van der Waals surface area contributed by atoms with Crippen molar-refractivity contribution in [2.45, 2.75) is 6.54 Å². The summed E-state index contributed by atoms with van der Waals surface area (Å²) in [5.74, 6) is 0.879. The lowest BCUT2D eigenvalue weighted by Crippen LogP contribution is -2.47. The number of nitrogens with one attached hydrogen (secondary N) is 1. The molecule has 0 spiro atoms. The summed E-state index contributed by atoms with van der Waals surface area (Å²) in [6, 6.07) is 5.56. The predicted molar refractivity (Wildman–Crippen MR) is 65.7 cm³/mol. The number of rotatable bonds is 3. The number of ether oxygens (including phenoxy) is 1. The lowest BCUT2D eigenvalue weighted by Gasteiger charge is -2.27. The lowest BCUT2D eigenvalue weighted by molar-refractivity contribution is -0.124. The summed E-state index contributed by atoms with van der Waals surface area (Å²) in [7, 11) is 1.64. The highest BCUT2D eigenvalue weighted by molar-refractivity contribution is 5.78. The maximum Gasteiger partial charge on any atom is 0.234 e. The Morgan fingerprint density at radius 2 is 2.35 bits per heavy atom. The van der Waals surface area contributed by atoms with Crippen molar-refractivity contribution < 1.29 is 9.53 Å². The minimum absolute atomic E-state index is 0.0686. The van der Waals surface area contributed by atoms with Crippen molar-refractivity contribution in [3.63, 3.8) is 0 Å². The summed E-state index contributed by atoms with van der Waals surface area (Å²) in [4.78, 5) is 13.4. The Morgan fingerprint density at radius 1 is 1.53 bits per heavy atom. The maximum atomic E-state index is 11.3. The highest BCUT2D eigenvalue weighted by Gasteiger charge is 2.17. The molecule has 0 aromatic heterocycles. The van der Waals surface area contributed by atoms with Gasteiger partial charge in [0.15, 0.2) is 0 Å². The van der Waals surface area contributed by atoms with E-state index in [9.17, 15) is 4.79 Å². The van der Waals surface area contributed by atoms with E-state index in [1.807, 2.05) is 18.2 Å². The van der Waals surface area contributed by atoms with E-state index in [2.05, 4.69) is 10.2 Å². The first-order chi connectivity index (χ1) is 8.19. The molecule has 0 atom stereocenters. The van der Waals surface area contributed by atoms with Crippen LogP contribution in [0.5, 0.6) is 5.75 Å². The Bertz CT molecular complexity index is 420. The third-order valence-corrected chi connectivity index (χ3v) is 2.82. The molecule has 1 fully saturated rings. The molecule has 0 aliphatic carbocycles. The molecule has 92 valence electrons. The molecule has 0 unspecified atom stereocenters. The highest BCUT2D eigenvalue weighted by atomic mass is 16.5. The first-order valence-electron chi connectivity index (χ1n) is 5.60. The Kier molecular flexibility index (Phi) is 3.49. The molecule has 1 amide bonds. The summed E-state index contributed by atoms with van der Waals surface area (Å²) in [6.45, 7) is 2.66. The zero-order valence-electron chi connectivity index (χ0n) is 9.90. The molecule has 1 aliphatic rings. The van der Waals surface area contributed by atoms with Gasteiger partial charge in [0.1, 0.15) is 5.75 Å². The second-order valence-corrected chi connectivity index (χ2v) is 4.13. The number of hydrogen-bond acceptors (Lipinski definition) is 4. The van der Waals surface area contributed by atoms with Crippen LogP contribution in [0.4, 0.5) is 5.69 Å². The van der Waals surface area contributed by atoms with Gasteiger partial charge in [0, 0.05) is 30.9 Å². The smallest absolute Gasteiger partial charge is 0.234 e. The molecule has 3 N–H and O–H groups in total. The predicted octanol–water partition coefficient (Wildman–Crippen LogP) is 0.209. The molecular formula is C12H17N3O2. The summed E-state index contributed by atoms with van der Waals surface area (Å²) in [5.41, 5.74) is 7.49. The van der Waals surface area contributed by atoms with E-state index in [1.54, 1.807) is 7.11 Å². The van der Waals surface area contributed by atoms with Crippen LogP contribution >= 0.6 is 0 Å². The summed E-state index contributed by atoms with van der Waals surface area (Å²) >= 11 is 0. The van der Waals surface area contributed by atoms with E-state index in [1.165, 1.54) is 0 Å². The fourth-order valence-corrected chi connectivity index (χ4v) is 1.99. The van der Waals surface area contributed by atoms with Gasteiger partial charge in [-0.1, -0.05) is 0 Å². The Labute approximate surface area is 101 Å². The van der Waals surface area contributed by atoms with Crippen molar-refractivity contribution >= 4 is 11.6 Å². The monoisotopic (exact) mass is 235 g/mol. The zero-order chi connectivity index (χ0) is 12.3. The molecule has 2 rings (SSSR count). The SMILES string of the molecule is COc1ccc(N)cc1CN1CCNC(=O)C1. The van der Waals surface area contributed by atoms with Crippen LogP contribution in [-0.2, 0) is 11.3 Å². The van der Waals surface area contributed by atoms with Crippen molar-refractivity contribution in [1.29, 1.82) is 0 Å². The fraction of sp³-hybridized carbons (Fsp3) is 0.417. The average Bonchev–Trinajstić information content (AvgIpc) is 2.29. The average molecular weight is 235 g/mol. The van der Waals surface area contributed by atoms with E-state index >= 15 is 0 Å². The molecule has 0 saturated carbocycles. The standard InChI is InChI=1S/C12H17N3O2/c1-17-11-3-2-10(13)6-9(11)7-15-5-4-14-12(16)8-15/h2-3,6H,4-5,7-8,13H2,1H3,(H,14,16). The van der Waals surface area contributed by atoms with Crippen molar-refractivity contribution in [2.24, 2.45) is 0 Å². The summed E-state index contributed by atoms with van der Waals surface area (Å²) < 4.78 is 5.29. The molecule has 5 heteroatoms. The molecule has 1 saturated heterocycles. The first kappa shape index (κ1) is 11.7. The van der Waals surface area contributed by atoms with Crippen LogP contribution in [0.15, 0.2) is 18.2 Å². The van der Waals surface area contributed by atoms with E-state index < -0.39 is 0 Å². The third-order valence-electron chi connectivity index (χ3n) is 2.82. The number of carbonyl (C=O) groups excluding carboxylic acids is 1. The molecule has 1 aliphatic heterocycles. The van der Waals surface area contributed by atoms with E-state index in [0.717, 1.165) is 17.9 Å². The molecule has 17 heavy (non-hydrogen) atoms. The molecule has 0 bridgehead atoms. The van der Waals surface area contributed by atoms with E-state index in [0.29, 0.717) is 25.3 Å². The largest absolute Gasteiger partial charge is 0.496 e. The van der Waals surface area contributed by atoms with Crippen LogP contribution in [0.3, 0.4) is 0 Å². The third kappa shape index (κ3) is 2.88. The van der Waals surface area contributed by atoms with Gasteiger partial charge in [-0.15, -0.1) is 0 Å². The van der Waals surface area contributed by atoms with Gasteiger partial charge in [-0.3, -0.25) is 9.69 Å². The Morgan fingerprint density at radius 3 is 3.06 bits per heavy atom. The van der Waals surface area contributed by atoms with Gasteiger partial charge in [-0.05, 0) is 18.2 Å². The lowest BCUT2D eigenvalue weighted by atomic mass is 10.1. The molecular weight excluding hydrogens is 218 g/mol. The molecule has 1 aromatic carbocycles.